The van der Waals surface area contributed by atoms with Crippen LogP contribution in [0.2, 0.25) is 0 Å². The summed E-state index contributed by atoms with van der Waals surface area (Å²) in [6.07, 6.45) is 6.32. The minimum absolute atomic E-state index is 1.03. The molecule has 0 spiro atoms. The van der Waals surface area contributed by atoms with E-state index in [-0.39, 0.29) is 0 Å². The van der Waals surface area contributed by atoms with Gasteiger partial charge in [-0.3, -0.25) is 0 Å². The van der Waals surface area contributed by atoms with Gasteiger partial charge in [0.15, 0.2) is 0 Å². The number of hydrogen-bond donors (Lipinski definition) is 0. The van der Waals surface area contributed by atoms with Crippen molar-refractivity contribution >= 4 is 17.8 Å². The van der Waals surface area contributed by atoms with E-state index < -0.39 is 0 Å². The van der Waals surface area contributed by atoms with Crippen LogP contribution in [0.4, 0.5) is 0 Å². The van der Waals surface area contributed by atoms with Gasteiger partial charge in [0.1, 0.15) is 0 Å². The van der Waals surface area contributed by atoms with Crippen LogP contribution in [0, 0.1) is 13.8 Å². The maximum atomic E-state index is 4.49. The van der Waals surface area contributed by atoms with Crippen LogP contribution >= 0.6 is 0 Å². The molecule has 0 bridgehead atoms. The highest BCUT2D eigenvalue weighted by Crippen LogP contribution is 2.20. The molecule has 0 atom stereocenters. The Morgan fingerprint density at radius 1 is 0.913 bits per heavy atom. The average Bonchev–Trinajstić information content (AvgIpc) is 2.91. The Labute approximate surface area is 137 Å². The highest BCUT2D eigenvalue weighted by atomic mass is 15.3. The van der Waals surface area contributed by atoms with Gasteiger partial charge in [0.25, 0.3) is 0 Å². The number of rotatable bonds is 4. The number of benzene rings is 2. The summed E-state index contributed by atoms with van der Waals surface area (Å²) in [5.41, 5.74) is 5.69. The van der Waals surface area contributed by atoms with Crippen molar-refractivity contribution < 1.29 is 0 Å². The van der Waals surface area contributed by atoms with E-state index in [1.807, 2.05) is 29.9 Å². The van der Waals surface area contributed by atoms with E-state index in [4.69, 9.17) is 0 Å². The molecule has 0 radical (unpaired) electrons. The van der Waals surface area contributed by atoms with Gasteiger partial charge in [0, 0.05) is 11.9 Å². The molecule has 0 fully saturated rings. The summed E-state index contributed by atoms with van der Waals surface area (Å²) in [6.45, 7) is 4.07. The van der Waals surface area contributed by atoms with E-state index in [9.17, 15) is 0 Å². The van der Waals surface area contributed by atoms with E-state index in [1.165, 1.54) is 11.1 Å². The standard InChI is InChI=1S/C21H20N2/c1-17-15-18(2)23(22-17)14-13-21(20-11-7-4-8-12-20)16-19-9-5-3-6-10-19/h3-16H,1-2H3/b14-13+,21-16-. The summed E-state index contributed by atoms with van der Waals surface area (Å²) in [5.74, 6) is 0. The molecule has 0 unspecified atom stereocenters. The van der Waals surface area contributed by atoms with Crippen molar-refractivity contribution in [3.8, 4) is 0 Å². The van der Waals surface area contributed by atoms with Crippen molar-refractivity contribution in [3.05, 3.63) is 95.3 Å². The van der Waals surface area contributed by atoms with Crippen LogP contribution in [0.3, 0.4) is 0 Å². The molecule has 2 aromatic carbocycles. The van der Waals surface area contributed by atoms with Gasteiger partial charge in [-0.1, -0.05) is 60.7 Å². The highest BCUT2D eigenvalue weighted by Gasteiger charge is 2.00. The van der Waals surface area contributed by atoms with Crippen LogP contribution in [0.5, 0.6) is 0 Å². The second-order valence-corrected chi connectivity index (χ2v) is 5.56. The van der Waals surface area contributed by atoms with Crippen molar-refractivity contribution in [2.24, 2.45) is 0 Å². The maximum Gasteiger partial charge on any atom is 0.0600 e. The Hall–Kier alpha value is -2.87. The van der Waals surface area contributed by atoms with E-state index in [0.717, 1.165) is 17.0 Å². The summed E-state index contributed by atoms with van der Waals surface area (Å²) >= 11 is 0. The normalized spacial score (nSPS) is 12.0. The number of allylic oxidation sites excluding steroid dienone is 2. The zero-order valence-electron chi connectivity index (χ0n) is 13.5. The quantitative estimate of drug-likeness (QED) is 0.477. The second kappa shape index (κ2) is 6.93. The van der Waals surface area contributed by atoms with Crippen LogP contribution < -0.4 is 0 Å². The Morgan fingerprint density at radius 2 is 1.57 bits per heavy atom. The monoisotopic (exact) mass is 300 g/mol. The SMILES string of the molecule is Cc1cc(C)n(/C=C/C(=C/c2ccccc2)c2ccccc2)n1. The van der Waals surface area contributed by atoms with Crippen molar-refractivity contribution in [1.29, 1.82) is 0 Å². The Bertz CT molecular complexity index is 825. The lowest BCUT2D eigenvalue weighted by molar-refractivity contribution is 0.881. The molecule has 0 N–H and O–H groups in total. The number of nitrogens with zero attached hydrogens (tertiary/aromatic N) is 2. The van der Waals surface area contributed by atoms with Gasteiger partial charge in [-0.25, -0.2) is 4.68 Å². The molecule has 3 rings (SSSR count). The van der Waals surface area contributed by atoms with Crippen LogP contribution in [-0.2, 0) is 0 Å². The molecular weight excluding hydrogens is 280 g/mol. The fourth-order valence-corrected chi connectivity index (χ4v) is 2.54. The fourth-order valence-electron chi connectivity index (χ4n) is 2.54. The number of hydrogen-bond acceptors (Lipinski definition) is 1. The first-order valence-electron chi connectivity index (χ1n) is 7.75. The second-order valence-electron chi connectivity index (χ2n) is 5.56. The number of aryl methyl sites for hydroxylation is 2. The fraction of sp³-hybridized carbons (Fsp3) is 0.0952. The molecule has 0 amide bonds. The van der Waals surface area contributed by atoms with Crippen molar-refractivity contribution in [2.75, 3.05) is 0 Å². The predicted octanol–water partition coefficient (Wildman–Crippen LogP) is 5.21. The third-order valence-electron chi connectivity index (χ3n) is 3.67. The van der Waals surface area contributed by atoms with E-state index >= 15 is 0 Å². The number of aromatic nitrogens is 2. The molecule has 1 heterocycles. The molecule has 2 nitrogen and oxygen atoms in total. The van der Waals surface area contributed by atoms with Crippen LogP contribution in [0.1, 0.15) is 22.5 Å². The van der Waals surface area contributed by atoms with E-state index in [1.54, 1.807) is 0 Å². The van der Waals surface area contributed by atoms with Crippen LogP contribution in [0.25, 0.3) is 17.8 Å². The zero-order valence-corrected chi connectivity index (χ0v) is 13.5. The molecule has 0 aliphatic rings. The van der Waals surface area contributed by atoms with Crippen LogP contribution in [0.15, 0.2) is 72.8 Å². The lowest BCUT2D eigenvalue weighted by Gasteiger charge is -2.04. The van der Waals surface area contributed by atoms with Crippen molar-refractivity contribution in [1.82, 2.24) is 9.78 Å². The first-order valence-corrected chi connectivity index (χ1v) is 7.75. The lowest BCUT2D eigenvalue weighted by Crippen LogP contribution is -1.92. The minimum Gasteiger partial charge on any atom is -0.245 e. The zero-order chi connectivity index (χ0) is 16.1. The first kappa shape index (κ1) is 15.0. The predicted molar refractivity (Wildman–Crippen MR) is 97.8 cm³/mol. The summed E-state index contributed by atoms with van der Waals surface area (Å²) in [5, 5.41) is 4.49. The van der Waals surface area contributed by atoms with Crippen molar-refractivity contribution in [3.63, 3.8) is 0 Å². The molecule has 0 saturated heterocycles. The molecule has 114 valence electrons. The van der Waals surface area contributed by atoms with Gasteiger partial charge < -0.3 is 0 Å². The summed E-state index contributed by atoms with van der Waals surface area (Å²) < 4.78 is 1.91. The molecule has 0 saturated carbocycles. The summed E-state index contributed by atoms with van der Waals surface area (Å²) in [7, 11) is 0. The van der Waals surface area contributed by atoms with E-state index in [0.29, 0.717) is 0 Å². The molecule has 0 aliphatic heterocycles. The summed E-state index contributed by atoms with van der Waals surface area (Å²) in [6, 6.07) is 22.9. The summed E-state index contributed by atoms with van der Waals surface area (Å²) in [4.78, 5) is 0. The Balaban J connectivity index is 1.99. The average molecular weight is 300 g/mol. The molecule has 23 heavy (non-hydrogen) atoms. The lowest BCUT2D eigenvalue weighted by atomic mass is 10.0. The van der Waals surface area contributed by atoms with Gasteiger partial charge in [0.2, 0.25) is 0 Å². The molecule has 0 aliphatic carbocycles. The van der Waals surface area contributed by atoms with Gasteiger partial charge in [0.05, 0.1) is 5.69 Å². The van der Waals surface area contributed by atoms with Gasteiger partial charge in [-0.15, -0.1) is 0 Å². The van der Waals surface area contributed by atoms with Crippen LogP contribution in [-0.4, -0.2) is 9.78 Å². The van der Waals surface area contributed by atoms with E-state index in [2.05, 4.69) is 78.8 Å². The highest BCUT2D eigenvalue weighted by molar-refractivity contribution is 5.88. The third-order valence-corrected chi connectivity index (χ3v) is 3.67. The van der Waals surface area contributed by atoms with Gasteiger partial charge in [-0.2, -0.15) is 5.10 Å². The van der Waals surface area contributed by atoms with Gasteiger partial charge >= 0.3 is 0 Å². The minimum atomic E-state index is 1.03. The Kier molecular flexibility index (Phi) is 4.53. The smallest absolute Gasteiger partial charge is 0.0600 e. The molecule has 2 heteroatoms. The van der Waals surface area contributed by atoms with Crippen molar-refractivity contribution in [2.45, 2.75) is 13.8 Å². The first-order chi connectivity index (χ1) is 11.2. The molecular formula is C21H20N2. The van der Waals surface area contributed by atoms with Gasteiger partial charge in [-0.05, 0) is 48.8 Å². The largest absolute Gasteiger partial charge is 0.245 e. The third kappa shape index (κ3) is 3.86. The molecule has 3 aromatic rings. The Morgan fingerprint density at radius 3 is 2.17 bits per heavy atom. The topological polar surface area (TPSA) is 17.8 Å². The molecule has 1 aromatic heterocycles. The maximum absolute atomic E-state index is 4.49.